The van der Waals surface area contributed by atoms with Gasteiger partial charge in [0.15, 0.2) is 10.8 Å². The molecule has 0 bridgehead atoms. The summed E-state index contributed by atoms with van der Waals surface area (Å²) in [4.78, 5) is 15.8. The van der Waals surface area contributed by atoms with E-state index in [1.807, 2.05) is 58.2 Å². The summed E-state index contributed by atoms with van der Waals surface area (Å²) in [5.74, 6) is 0.0967. The molecule has 116 valence electrons. The number of ketones is 1. The van der Waals surface area contributed by atoms with Crippen molar-refractivity contribution in [1.82, 2.24) is 4.98 Å². The lowest BCUT2D eigenvalue weighted by Gasteiger charge is -1.94. The Bertz CT molecular complexity index is 481. The smallest absolute Gasteiger partial charge is 0.191 e. The van der Waals surface area contributed by atoms with Crippen molar-refractivity contribution in [2.24, 2.45) is 0 Å². The molecule has 0 fully saturated rings. The molecule has 0 N–H and O–H groups in total. The van der Waals surface area contributed by atoms with E-state index < -0.39 is 0 Å². The van der Waals surface area contributed by atoms with Crippen LogP contribution in [0.3, 0.4) is 0 Å². The molecule has 21 heavy (non-hydrogen) atoms. The second-order valence-electron chi connectivity index (χ2n) is 3.56. The van der Waals surface area contributed by atoms with E-state index in [0.29, 0.717) is 11.4 Å². The van der Waals surface area contributed by atoms with Gasteiger partial charge in [0.25, 0.3) is 0 Å². The fraction of sp³-hybridized carbons (Fsp3) is 0.333. The van der Waals surface area contributed by atoms with Gasteiger partial charge in [-0.15, -0.1) is 17.9 Å². The van der Waals surface area contributed by atoms with Gasteiger partial charge in [-0.25, -0.2) is 4.98 Å². The van der Waals surface area contributed by atoms with Crippen LogP contribution in [0.2, 0.25) is 0 Å². The molecule has 0 amide bonds. The van der Waals surface area contributed by atoms with Crippen LogP contribution in [0.1, 0.15) is 56.5 Å². The van der Waals surface area contributed by atoms with Crippen LogP contribution in [0.4, 0.5) is 0 Å². The molecular formula is C18H27NOS. The number of rotatable bonds is 5. The fourth-order valence-corrected chi connectivity index (χ4v) is 2.03. The van der Waals surface area contributed by atoms with Crippen LogP contribution in [0, 0.1) is 0 Å². The van der Waals surface area contributed by atoms with Gasteiger partial charge in [-0.2, -0.15) is 0 Å². The molecule has 1 heterocycles. The standard InChI is InChI=1S/C13H15NOS.C3H6.C2H6/c1-4-7-8-10(5-2)11-9-16-13(14-11)12(15)6-3;1-3-2;1-2/h4-5,7-9H,1,6H2,2-3H3;3H,1H2,2H3;1-2H3/b8-7-,10-5+;;. The Morgan fingerprint density at radius 1 is 1.33 bits per heavy atom. The number of carbonyl (C=O) groups is 1. The van der Waals surface area contributed by atoms with Crippen LogP contribution in [0.25, 0.3) is 5.57 Å². The Kier molecular flexibility index (Phi) is 15.1. The molecule has 0 aromatic carbocycles. The lowest BCUT2D eigenvalue weighted by molar-refractivity contribution is 0.0987. The van der Waals surface area contributed by atoms with Crippen LogP contribution >= 0.6 is 11.3 Å². The van der Waals surface area contributed by atoms with Gasteiger partial charge < -0.3 is 0 Å². The average molecular weight is 305 g/mol. The minimum Gasteiger partial charge on any atom is -0.292 e. The zero-order chi connectivity index (χ0) is 16.7. The highest BCUT2D eigenvalue weighted by molar-refractivity contribution is 7.11. The van der Waals surface area contributed by atoms with Crippen LogP contribution in [-0.4, -0.2) is 10.8 Å². The number of allylic oxidation sites excluding steroid dienone is 6. The largest absolute Gasteiger partial charge is 0.292 e. The van der Waals surface area contributed by atoms with E-state index >= 15 is 0 Å². The molecule has 1 rings (SSSR count). The molecule has 0 aliphatic heterocycles. The summed E-state index contributed by atoms with van der Waals surface area (Å²) in [6.07, 6.45) is 9.72. The molecule has 1 aromatic rings. The molecule has 0 atom stereocenters. The minimum absolute atomic E-state index is 0.0967. The summed E-state index contributed by atoms with van der Waals surface area (Å²) in [5.41, 5.74) is 1.86. The van der Waals surface area contributed by atoms with E-state index in [-0.39, 0.29) is 5.78 Å². The van der Waals surface area contributed by atoms with Crippen molar-refractivity contribution in [2.45, 2.75) is 41.0 Å². The second kappa shape index (κ2) is 14.7. The maximum absolute atomic E-state index is 11.4. The first kappa shape index (κ1) is 21.6. The van der Waals surface area contributed by atoms with Crippen molar-refractivity contribution in [1.29, 1.82) is 0 Å². The predicted octanol–water partition coefficient (Wildman–Crippen LogP) is 6.10. The highest BCUT2D eigenvalue weighted by Gasteiger charge is 2.09. The second-order valence-corrected chi connectivity index (χ2v) is 4.42. The molecule has 0 aliphatic rings. The number of Topliss-reactive ketones (excluding diaryl/α,β-unsaturated/α-hetero) is 1. The number of nitrogens with zero attached hydrogens (tertiary/aromatic N) is 1. The van der Waals surface area contributed by atoms with Gasteiger partial charge in [-0.1, -0.05) is 57.7 Å². The van der Waals surface area contributed by atoms with Gasteiger partial charge in [0.2, 0.25) is 0 Å². The number of thiazole rings is 1. The summed E-state index contributed by atoms with van der Waals surface area (Å²) in [6, 6.07) is 0. The van der Waals surface area contributed by atoms with Crippen molar-refractivity contribution < 1.29 is 4.79 Å². The Hall–Kier alpha value is -1.74. The van der Waals surface area contributed by atoms with E-state index in [1.165, 1.54) is 11.3 Å². The van der Waals surface area contributed by atoms with Crippen LogP contribution in [0.15, 0.2) is 48.9 Å². The molecule has 0 spiro atoms. The molecule has 2 nitrogen and oxygen atoms in total. The van der Waals surface area contributed by atoms with Crippen molar-refractivity contribution in [3.05, 3.63) is 59.6 Å². The van der Waals surface area contributed by atoms with E-state index in [9.17, 15) is 4.79 Å². The molecule has 1 aromatic heterocycles. The van der Waals surface area contributed by atoms with Crippen LogP contribution in [0.5, 0.6) is 0 Å². The minimum atomic E-state index is 0.0967. The van der Waals surface area contributed by atoms with E-state index in [0.717, 1.165) is 11.3 Å². The summed E-state index contributed by atoms with van der Waals surface area (Å²) in [7, 11) is 0. The SMILES string of the molecule is C=C/C=C\C(=C/C)c1csc(C(=O)CC)n1.C=CC.CC. The van der Waals surface area contributed by atoms with Gasteiger partial charge >= 0.3 is 0 Å². The molecular weight excluding hydrogens is 278 g/mol. The number of hydrogen-bond acceptors (Lipinski definition) is 3. The van der Waals surface area contributed by atoms with E-state index in [2.05, 4.69) is 18.1 Å². The highest BCUT2D eigenvalue weighted by Crippen LogP contribution is 2.20. The summed E-state index contributed by atoms with van der Waals surface area (Å²) in [5, 5.41) is 2.50. The van der Waals surface area contributed by atoms with Crippen molar-refractivity contribution in [3.8, 4) is 0 Å². The average Bonchev–Trinajstić information content (AvgIpc) is 3.00. The summed E-state index contributed by atoms with van der Waals surface area (Å²) >= 11 is 1.40. The molecule has 0 radical (unpaired) electrons. The van der Waals surface area contributed by atoms with Gasteiger partial charge in [0, 0.05) is 11.8 Å². The topological polar surface area (TPSA) is 30.0 Å². The zero-order valence-electron chi connectivity index (χ0n) is 13.8. The van der Waals surface area contributed by atoms with Crippen molar-refractivity contribution >= 4 is 22.7 Å². The highest BCUT2D eigenvalue weighted by atomic mass is 32.1. The first-order valence-electron chi connectivity index (χ1n) is 7.16. The number of carbonyl (C=O) groups excluding carboxylic acids is 1. The number of hydrogen-bond donors (Lipinski definition) is 0. The van der Waals surface area contributed by atoms with Gasteiger partial charge in [0.05, 0.1) is 5.69 Å². The lowest BCUT2D eigenvalue weighted by Crippen LogP contribution is -1.95. The third-order valence-corrected chi connectivity index (χ3v) is 2.97. The normalized spacial score (nSPS) is 10.0. The van der Waals surface area contributed by atoms with Crippen molar-refractivity contribution in [3.63, 3.8) is 0 Å². The molecule has 0 aliphatic carbocycles. The third-order valence-electron chi connectivity index (χ3n) is 2.08. The lowest BCUT2D eigenvalue weighted by atomic mass is 10.2. The molecule has 0 saturated carbocycles. The Labute approximate surface area is 133 Å². The Balaban J connectivity index is 0. The maximum Gasteiger partial charge on any atom is 0.191 e. The van der Waals surface area contributed by atoms with Gasteiger partial charge in [-0.05, 0) is 19.4 Å². The third kappa shape index (κ3) is 8.92. The summed E-state index contributed by atoms with van der Waals surface area (Å²) in [6.45, 7) is 16.7. The monoisotopic (exact) mass is 305 g/mol. The van der Waals surface area contributed by atoms with Gasteiger partial charge in [0.1, 0.15) is 0 Å². The predicted molar refractivity (Wildman–Crippen MR) is 96.9 cm³/mol. The van der Waals surface area contributed by atoms with Crippen molar-refractivity contribution in [2.75, 3.05) is 0 Å². The van der Waals surface area contributed by atoms with Crippen LogP contribution < -0.4 is 0 Å². The molecule has 0 saturated heterocycles. The van der Waals surface area contributed by atoms with E-state index in [1.54, 1.807) is 12.2 Å². The first-order chi connectivity index (χ1) is 10.1. The quantitative estimate of drug-likeness (QED) is 0.374. The molecule has 3 heteroatoms. The van der Waals surface area contributed by atoms with E-state index in [4.69, 9.17) is 0 Å². The van der Waals surface area contributed by atoms with Crippen LogP contribution in [-0.2, 0) is 0 Å². The fourth-order valence-electron chi connectivity index (χ4n) is 1.19. The first-order valence-corrected chi connectivity index (χ1v) is 8.04. The maximum atomic E-state index is 11.4. The van der Waals surface area contributed by atoms with Gasteiger partial charge in [-0.3, -0.25) is 4.79 Å². The molecule has 0 unspecified atom stereocenters. The summed E-state index contributed by atoms with van der Waals surface area (Å²) < 4.78 is 0. The Morgan fingerprint density at radius 2 is 1.90 bits per heavy atom. The number of aromatic nitrogens is 1. The Morgan fingerprint density at radius 3 is 2.33 bits per heavy atom. The zero-order valence-corrected chi connectivity index (χ0v) is 14.7.